The maximum absolute atomic E-state index is 12.8. The van der Waals surface area contributed by atoms with Crippen molar-refractivity contribution in [3.8, 4) is 0 Å². The van der Waals surface area contributed by atoms with Crippen molar-refractivity contribution >= 4 is 21.6 Å². The lowest BCUT2D eigenvalue weighted by Crippen LogP contribution is -2.49. The van der Waals surface area contributed by atoms with Gasteiger partial charge in [-0.1, -0.05) is 0 Å². The van der Waals surface area contributed by atoms with Crippen LogP contribution in [0.4, 0.5) is 10.1 Å². The molecular weight excluding hydrogens is 309 g/mol. The monoisotopic (exact) mass is 329 g/mol. The van der Waals surface area contributed by atoms with E-state index < -0.39 is 10.0 Å². The highest BCUT2D eigenvalue weighted by molar-refractivity contribution is 7.88. The number of benzene rings is 1. The van der Waals surface area contributed by atoms with Gasteiger partial charge in [-0.25, -0.2) is 17.5 Å². The average Bonchev–Trinajstić information content (AvgIpc) is 2.40. The molecule has 122 valence electrons. The molecule has 1 aliphatic heterocycles. The van der Waals surface area contributed by atoms with Gasteiger partial charge in [0.15, 0.2) is 0 Å². The molecule has 1 saturated heterocycles. The molecule has 0 aromatic heterocycles. The number of halogens is 1. The Morgan fingerprint density at radius 3 is 2.68 bits per heavy atom. The highest BCUT2D eigenvalue weighted by atomic mass is 32.2. The molecule has 0 saturated carbocycles. The Bertz CT molecular complexity index is 619. The molecule has 22 heavy (non-hydrogen) atoms. The van der Waals surface area contributed by atoms with E-state index in [1.807, 2.05) is 4.90 Å². The normalized spacial score (nSPS) is 19.8. The second-order valence-corrected chi connectivity index (χ2v) is 7.30. The van der Waals surface area contributed by atoms with Gasteiger partial charge in [0.1, 0.15) is 5.82 Å². The Morgan fingerprint density at radius 1 is 1.36 bits per heavy atom. The summed E-state index contributed by atoms with van der Waals surface area (Å²) in [6, 6.07) is 5.39. The molecule has 1 atom stereocenters. The smallest absolute Gasteiger partial charge is 0.238 e. The third-order valence-corrected chi connectivity index (χ3v) is 4.14. The molecule has 1 fully saturated rings. The number of amides is 1. The molecule has 0 bridgehead atoms. The standard InChI is InChI=1S/C14H20FN3O3S/c1-22(20,21)17-13-3-2-8-18(9-13)10-14(19)16-12-6-4-11(15)5-7-12/h4-7,13,17H,2-3,8-10H2,1H3,(H,16,19). The Morgan fingerprint density at radius 2 is 2.05 bits per heavy atom. The van der Waals surface area contributed by atoms with E-state index in [2.05, 4.69) is 10.0 Å². The lowest BCUT2D eigenvalue weighted by atomic mass is 10.1. The Hall–Kier alpha value is -1.51. The van der Waals surface area contributed by atoms with E-state index in [-0.39, 0.29) is 24.3 Å². The van der Waals surface area contributed by atoms with Crippen LogP contribution in [0.3, 0.4) is 0 Å². The fourth-order valence-electron chi connectivity index (χ4n) is 2.53. The Kier molecular flexibility index (Phi) is 5.49. The van der Waals surface area contributed by atoms with Gasteiger partial charge in [0.25, 0.3) is 0 Å². The van der Waals surface area contributed by atoms with Gasteiger partial charge in [-0.3, -0.25) is 9.69 Å². The van der Waals surface area contributed by atoms with Crippen LogP contribution < -0.4 is 10.0 Å². The minimum absolute atomic E-state index is 0.164. The Labute approximate surface area is 129 Å². The number of hydrogen-bond acceptors (Lipinski definition) is 4. The van der Waals surface area contributed by atoms with Crippen molar-refractivity contribution in [3.63, 3.8) is 0 Å². The van der Waals surface area contributed by atoms with Crippen LogP contribution >= 0.6 is 0 Å². The van der Waals surface area contributed by atoms with Crippen molar-refractivity contribution in [1.82, 2.24) is 9.62 Å². The molecule has 1 aromatic carbocycles. The fraction of sp³-hybridized carbons (Fsp3) is 0.500. The quantitative estimate of drug-likeness (QED) is 0.837. The summed E-state index contributed by atoms with van der Waals surface area (Å²) >= 11 is 0. The van der Waals surface area contributed by atoms with E-state index in [1.165, 1.54) is 24.3 Å². The maximum atomic E-state index is 12.8. The van der Waals surface area contributed by atoms with Gasteiger partial charge < -0.3 is 5.32 Å². The topological polar surface area (TPSA) is 78.5 Å². The van der Waals surface area contributed by atoms with Crippen LogP contribution in [0.2, 0.25) is 0 Å². The number of piperidine rings is 1. The second kappa shape index (κ2) is 7.17. The van der Waals surface area contributed by atoms with E-state index in [0.717, 1.165) is 25.6 Å². The van der Waals surface area contributed by atoms with Gasteiger partial charge in [0.05, 0.1) is 12.8 Å². The van der Waals surface area contributed by atoms with Crippen molar-refractivity contribution in [2.75, 3.05) is 31.2 Å². The first-order chi connectivity index (χ1) is 10.3. The van der Waals surface area contributed by atoms with E-state index in [9.17, 15) is 17.6 Å². The fourth-order valence-corrected chi connectivity index (χ4v) is 3.33. The largest absolute Gasteiger partial charge is 0.325 e. The van der Waals surface area contributed by atoms with Crippen molar-refractivity contribution < 1.29 is 17.6 Å². The van der Waals surface area contributed by atoms with Gasteiger partial charge in [0.2, 0.25) is 15.9 Å². The summed E-state index contributed by atoms with van der Waals surface area (Å²) < 4.78 is 37.9. The SMILES string of the molecule is CS(=O)(=O)NC1CCCN(CC(=O)Nc2ccc(F)cc2)C1. The number of likely N-dealkylation sites (tertiary alicyclic amines) is 1. The summed E-state index contributed by atoms with van der Waals surface area (Å²) in [7, 11) is -3.24. The van der Waals surface area contributed by atoms with Crippen LogP contribution in [-0.2, 0) is 14.8 Å². The molecule has 6 nitrogen and oxygen atoms in total. The molecule has 0 spiro atoms. The predicted molar refractivity (Wildman–Crippen MR) is 82.5 cm³/mol. The molecule has 2 rings (SSSR count). The van der Waals surface area contributed by atoms with Crippen LogP contribution in [0, 0.1) is 5.82 Å². The lowest BCUT2D eigenvalue weighted by molar-refractivity contribution is -0.117. The summed E-state index contributed by atoms with van der Waals surface area (Å²) in [6.07, 6.45) is 2.73. The second-order valence-electron chi connectivity index (χ2n) is 5.52. The first-order valence-electron chi connectivity index (χ1n) is 7.07. The van der Waals surface area contributed by atoms with Gasteiger partial charge in [-0.2, -0.15) is 0 Å². The van der Waals surface area contributed by atoms with Crippen molar-refractivity contribution in [2.24, 2.45) is 0 Å². The number of sulfonamides is 1. The first kappa shape index (κ1) is 16.9. The number of anilines is 1. The van der Waals surface area contributed by atoms with Gasteiger partial charge in [0, 0.05) is 18.3 Å². The predicted octanol–water partition coefficient (Wildman–Crippen LogP) is 0.778. The summed E-state index contributed by atoms with van der Waals surface area (Å²) in [5, 5.41) is 2.69. The molecule has 1 heterocycles. The van der Waals surface area contributed by atoms with Crippen molar-refractivity contribution in [3.05, 3.63) is 30.1 Å². The van der Waals surface area contributed by atoms with Crippen LogP contribution in [0.25, 0.3) is 0 Å². The molecule has 0 radical (unpaired) electrons. The van der Waals surface area contributed by atoms with E-state index in [1.54, 1.807) is 0 Å². The summed E-state index contributed by atoms with van der Waals surface area (Å²) in [5.74, 6) is -0.560. The third kappa shape index (κ3) is 5.70. The average molecular weight is 329 g/mol. The van der Waals surface area contributed by atoms with Crippen molar-refractivity contribution in [1.29, 1.82) is 0 Å². The molecule has 2 N–H and O–H groups in total. The minimum atomic E-state index is -3.24. The molecule has 8 heteroatoms. The minimum Gasteiger partial charge on any atom is -0.325 e. The lowest BCUT2D eigenvalue weighted by Gasteiger charge is -2.32. The van der Waals surface area contributed by atoms with E-state index in [0.29, 0.717) is 12.2 Å². The molecule has 1 unspecified atom stereocenters. The molecule has 0 aliphatic carbocycles. The van der Waals surface area contributed by atoms with E-state index >= 15 is 0 Å². The molecule has 1 aliphatic rings. The zero-order valence-corrected chi connectivity index (χ0v) is 13.2. The number of carbonyl (C=O) groups excluding carboxylic acids is 1. The summed E-state index contributed by atoms with van der Waals surface area (Å²) in [4.78, 5) is 13.9. The van der Waals surface area contributed by atoms with E-state index in [4.69, 9.17) is 0 Å². The van der Waals surface area contributed by atoms with Crippen LogP contribution in [0.15, 0.2) is 24.3 Å². The number of hydrogen-bond donors (Lipinski definition) is 2. The van der Waals surface area contributed by atoms with Crippen LogP contribution in [0.1, 0.15) is 12.8 Å². The summed E-state index contributed by atoms with van der Waals surface area (Å²) in [5.41, 5.74) is 0.536. The number of nitrogens with zero attached hydrogens (tertiary/aromatic N) is 1. The number of carbonyl (C=O) groups is 1. The number of rotatable bonds is 5. The Balaban J connectivity index is 1.84. The summed E-state index contributed by atoms with van der Waals surface area (Å²) in [6.45, 7) is 1.43. The highest BCUT2D eigenvalue weighted by Crippen LogP contribution is 2.12. The molecule has 1 amide bonds. The maximum Gasteiger partial charge on any atom is 0.238 e. The van der Waals surface area contributed by atoms with Crippen LogP contribution in [0.5, 0.6) is 0 Å². The van der Waals surface area contributed by atoms with Gasteiger partial charge in [-0.05, 0) is 43.7 Å². The molecular formula is C14H20FN3O3S. The zero-order valence-electron chi connectivity index (χ0n) is 12.4. The van der Waals surface area contributed by atoms with Crippen LogP contribution in [-0.4, -0.2) is 51.2 Å². The van der Waals surface area contributed by atoms with Gasteiger partial charge in [-0.15, -0.1) is 0 Å². The number of nitrogens with one attached hydrogen (secondary N) is 2. The zero-order chi connectivity index (χ0) is 16.2. The van der Waals surface area contributed by atoms with Crippen molar-refractivity contribution in [2.45, 2.75) is 18.9 Å². The highest BCUT2D eigenvalue weighted by Gasteiger charge is 2.23. The molecule has 1 aromatic rings. The van der Waals surface area contributed by atoms with Gasteiger partial charge >= 0.3 is 0 Å². The third-order valence-electron chi connectivity index (χ3n) is 3.38. The first-order valence-corrected chi connectivity index (χ1v) is 8.96.